The number of ether oxygens (including phenoxy) is 2. The third-order valence-electron chi connectivity index (χ3n) is 4.44. The SMILES string of the molecule is C=C([C-]=O)CCNC(=O)c1cc2nccc(C3=CC(OC)=C(OC)CC3)n2n1.[U]. The molecule has 1 aliphatic carbocycles. The van der Waals surface area contributed by atoms with Gasteiger partial charge in [0, 0.05) is 56.3 Å². The molecule has 2 aromatic heterocycles. The van der Waals surface area contributed by atoms with Crippen LogP contribution in [-0.4, -0.2) is 47.6 Å². The number of methoxy groups -OCH3 is 2. The molecule has 150 valence electrons. The number of amides is 1. The topological polar surface area (TPSA) is 94.8 Å². The van der Waals surface area contributed by atoms with Crippen molar-refractivity contribution >= 4 is 23.4 Å². The summed E-state index contributed by atoms with van der Waals surface area (Å²) in [5.74, 6) is 1.13. The van der Waals surface area contributed by atoms with Crippen molar-refractivity contribution in [2.45, 2.75) is 19.3 Å². The van der Waals surface area contributed by atoms with Gasteiger partial charge in [0.15, 0.2) is 17.1 Å². The van der Waals surface area contributed by atoms with E-state index in [9.17, 15) is 9.59 Å². The van der Waals surface area contributed by atoms with E-state index < -0.39 is 0 Å². The molecule has 0 unspecified atom stereocenters. The van der Waals surface area contributed by atoms with Gasteiger partial charge in [-0.05, 0) is 36.8 Å². The summed E-state index contributed by atoms with van der Waals surface area (Å²) in [5, 5.41) is 7.12. The van der Waals surface area contributed by atoms with Gasteiger partial charge in [-0.3, -0.25) is 4.79 Å². The predicted molar refractivity (Wildman–Crippen MR) is 103 cm³/mol. The van der Waals surface area contributed by atoms with E-state index in [-0.39, 0.29) is 49.3 Å². The van der Waals surface area contributed by atoms with Crippen LogP contribution in [0.5, 0.6) is 0 Å². The van der Waals surface area contributed by atoms with Gasteiger partial charge in [-0.25, -0.2) is 16.1 Å². The van der Waals surface area contributed by atoms with Crippen LogP contribution < -0.4 is 5.32 Å². The van der Waals surface area contributed by atoms with Gasteiger partial charge in [0.2, 0.25) is 0 Å². The Labute approximate surface area is 192 Å². The quantitative estimate of drug-likeness (QED) is 0.360. The maximum atomic E-state index is 12.4. The van der Waals surface area contributed by atoms with Crippen LogP contribution in [0.4, 0.5) is 0 Å². The Morgan fingerprint density at radius 3 is 2.83 bits per heavy atom. The Bertz CT molecular complexity index is 994. The second-order valence-electron chi connectivity index (χ2n) is 6.21. The van der Waals surface area contributed by atoms with Gasteiger partial charge in [0.25, 0.3) is 5.91 Å². The Morgan fingerprint density at radius 2 is 2.14 bits per heavy atom. The van der Waals surface area contributed by atoms with Crippen LogP contribution in [0.25, 0.3) is 11.2 Å². The van der Waals surface area contributed by atoms with E-state index >= 15 is 0 Å². The number of allylic oxidation sites excluding steroid dienone is 3. The summed E-state index contributed by atoms with van der Waals surface area (Å²) in [4.78, 5) is 27.1. The maximum Gasteiger partial charge on any atom is 0.271 e. The zero-order chi connectivity index (χ0) is 20.1. The van der Waals surface area contributed by atoms with Gasteiger partial charge in [-0.2, -0.15) is 10.7 Å². The molecule has 0 saturated carbocycles. The molecule has 1 amide bonds. The van der Waals surface area contributed by atoms with Crippen LogP contribution >= 0.6 is 0 Å². The van der Waals surface area contributed by atoms with E-state index in [1.165, 1.54) is 0 Å². The molecule has 9 heteroatoms. The molecule has 0 saturated heterocycles. The van der Waals surface area contributed by atoms with E-state index in [1.807, 2.05) is 12.1 Å². The van der Waals surface area contributed by atoms with Crippen LogP contribution in [-0.2, 0) is 14.3 Å². The molecule has 0 aliphatic heterocycles. The van der Waals surface area contributed by atoms with Crippen molar-refractivity contribution < 1.29 is 50.2 Å². The summed E-state index contributed by atoms with van der Waals surface area (Å²) in [6, 6.07) is 3.47. The summed E-state index contributed by atoms with van der Waals surface area (Å²) in [6.07, 6.45) is 7.10. The summed E-state index contributed by atoms with van der Waals surface area (Å²) in [6.45, 7) is 3.82. The summed E-state index contributed by atoms with van der Waals surface area (Å²) in [7, 11) is 3.22. The van der Waals surface area contributed by atoms with Crippen molar-refractivity contribution in [3.8, 4) is 0 Å². The van der Waals surface area contributed by atoms with Gasteiger partial charge >= 0.3 is 0 Å². The molecule has 0 spiro atoms. The average Bonchev–Trinajstić information content (AvgIpc) is 3.17. The van der Waals surface area contributed by atoms with Gasteiger partial charge in [-0.15, -0.1) is 0 Å². The van der Waals surface area contributed by atoms with Crippen molar-refractivity contribution in [1.29, 1.82) is 0 Å². The third-order valence-corrected chi connectivity index (χ3v) is 4.44. The summed E-state index contributed by atoms with van der Waals surface area (Å²) in [5.41, 5.74) is 2.96. The van der Waals surface area contributed by atoms with E-state index in [4.69, 9.17) is 9.47 Å². The predicted octanol–water partition coefficient (Wildman–Crippen LogP) is 2.20. The number of carbonyl (C=O) groups is 1. The second kappa shape index (κ2) is 10.4. The number of nitrogens with one attached hydrogen (secondary N) is 1. The zero-order valence-corrected chi connectivity index (χ0v) is 20.5. The molecule has 3 rings (SSSR count). The van der Waals surface area contributed by atoms with Crippen molar-refractivity contribution in [2.24, 2.45) is 0 Å². The largest absolute Gasteiger partial charge is 0.497 e. The Balaban J connectivity index is 0.00000300. The molecule has 1 aliphatic rings. The first kappa shape index (κ1) is 22.9. The minimum Gasteiger partial charge on any atom is -0.497 e. The molecule has 2 heterocycles. The second-order valence-corrected chi connectivity index (χ2v) is 6.21. The van der Waals surface area contributed by atoms with E-state index in [0.29, 0.717) is 29.8 Å². The Hall–Kier alpha value is -2.37. The normalized spacial score (nSPS) is 13.4. The fraction of sp³-hybridized carbons (Fsp3) is 0.300. The van der Waals surface area contributed by atoms with Gasteiger partial charge < -0.3 is 19.6 Å². The van der Waals surface area contributed by atoms with Gasteiger partial charge in [-0.1, -0.05) is 0 Å². The van der Waals surface area contributed by atoms with Gasteiger partial charge in [0.05, 0.1) is 19.9 Å². The number of nitrogens with zero attached hydrogens (tertiary/aromatic N) is 3. The van der Waals surface area contributed by atoms with E-state index in [1.54, 1.807) is 37.3 Å². The number of hydrogen-bond donors (Lipinski definition) is 1. The maximum absolute atomic E-state index is 12.4. The van der Waals surface area contributed by atoms with Crippen LogP contribution in [0.15, 0.2) is 48.1 Å². The van der Waals surface area contributed by atoms with Crippen molar-refractivity contribution in [2.75, 3.05) is 20.8 Å². The fourth-order valence-corrected chi connectivity index (χ4v) is 2.98. The van der Waals surface area contributed by atoms with Crippen molar-refractivity contribution in [3.05, 3.63) is 59.5 Å². The summed E-state index contributed by atoms with van der Waals surface area (Å²) >= 11 is 0. The molecule has 8 nitrogen and oxygen atoms in total. The van der Waals surface area contributed by atoms with Crippen molar-refractivity contribution in [1.82, 2.24) is 19.9 Å². The van der Waals surface area contributed by atoms with Crippen LogP contribution in [0.1, 0.15) is 35.4 Å². The number of aromatic nitrogens is 3. The number of rotatable bonds is 8. The number of fused-ring (bicyclic) bond motifs is 1. The molecule has 0 bridgehead atoms. The molecule has 0 atom stereocenters. The third kappa shape index (κ3) is 5.17. The molecular formula is C20H21N4O4U-. The first-order chi connectivity index (χ1) is 13.6. The van der Waals surface area contributed by atoms with Crippen LogP contribution in [0.2, 0.25) is 0 Å². The monoisotopic (exact) mass is 619 g/mol. The fourth-order valence-electron chi connectivity index (χ4n) is 2.98. The van der Waals surface area contributed by atoms with Crippen LogP contribution in [0, 0.1) is 31.1 Å². The van der Waals surface area contributed by atoms with Crippen LogP contribution in [0.3, 0.4) is 0 Å². The van der Waals surface area contributed by atoms with Gasteiger partial charge in [0.1, 0.15) is 5.76 Å². The van der Waals surface area contributed by atoms with Crippen molar-refractivity contribution in [3.63, 3.8) is 0 Å². The minimum atomic E-state index is -0.341. The van der Waals surface area contributed by atoms with E-state index in [2.05, 4.69) is 22.0 Å². The number of carbonyl (C=O) groups excluding carboxylic acids is 2. The Kier molecular flexibility index (Phi) is 8.23. The Morgan fingerprint density at radius 1 is 1.34 bits per heavy atom. The first-order valence-corrected chi connectivity index (χ1v) is 8.78. The molecule has 0 radical (unpaired) electrons. The average molecular weight is 619 g/mol. The smallest absolute Gasteiger partial charge is 0.271 e. The molecule has 1 N–H and O–H groups in total. The number of hydrogen-bond acceptors (Lipinski definition) is 6. The summed E-state index contributed by atoms with van der Waals surface area (Å²) < 4.78 is 12.4. The molecule has 0 aromatic carbocycles. The first-order valence-electron chi connectivity index (χ1n) is 8.78. The molecule has 2 aromatic rings. The van der Waals surface area contributed by atoms with E-state index in [0.717, 1.165) is 23.4 Å². The molecular weight excluding hydrogens is 598 g/mol. The zero-order valence-electron chi connectivity index (χ0n) is 16.3. The molecule has 0 fully saturated rings. The standard InChI is InChI=1S/C20H21N4O4.U/c1-13(12-25)6-8-22-20(26)15-11-19-21-9-7-16(24(19)23-15)14-4-5-17(27-2)18(10-14)28-3;/h7,9-11H,1,4-6,8H2,2-3H3,(H,22,26);/q-1;. The molecule has 29 heavy (non-hydrogen) atoms. The minimum absolute atomic E-state index is 0.